The molecule has 1 aromatic carbocycles. The zero-order valence-corrected chi connectivity index (χ0v) is 8.53. The summed E-state index contributed by atoms with van der Waals surface area (Å²) in [4.78, 5) is 15.0. The molecule has 3 nitrogen and oxygen atoms in total. The summed E-state index contributed by atoms with van der Waals surface area (Å²) in [6.07, 6.45) is 0.786. The van der Waals surface area contributed by atoms with Crippen LogP contribution in [0.1, 0.15) is 21.7 Å². The van der Waals surface area contributed by atoms with Crippen LogP contribution in [0, 0.1) is 13.8 Å². The van der Waals surface area contributed by atoms with Gasteiger partial charge in [-0.2, -0.15) is 0 Å². The van der Waals surface area contributed by atoms with Crippen molar-refractivity contribution in [2.45, 2.75) is 13.8 Å². The van der Waals surface area contributed by atoms with Gasteiger partial charge < -0.3 is 4.57 Å². The molecule has 1 heterocycles. The Kier molecular flexibility index (Phi) is 1.88. The molecule has 2 aromatic rings. The first-order chi connectivity index (χ1) is 6.63. The van der Waals surface area contributed by atoms with Gasteiger partial charge in [-0.25, -0.2) is 4.98 Å². The maximum Gasteiger partial charge on any atom is 0.185 e. The average Bonchev–Trinajstić information content (AvgIpc) is 2.44. The summed E-state index contributed by atoms with van der Waals surface area (Å²) in [5, 5.41) is 0. The molecule has 3 heteroatoms. The van der Waals surface area contributed by atoms with Gasteiger partial charge in [0, 0.05) is 7.05 Å². The van der Waals surface area contributed by atoms with Crippen LogP contribution in [0.15, 0.2) is 12.1 Å². The monoisotopic (exact) mass is 188 g/mol. The number of aryl methyl sites for hydroxylation is 3. The fraction of sp³-hybridized carbons (Fsp3) is 0.273. The summed E-state index contributed by atoms with van der Waals surface area (Å²) in [7, 11) is 1.86. The molecule has 0 aliphatic rings. The standard InChI is InChI=1S/C11H12N2O/c1-7-4-8(2)11-9(5-7)13(3)10(6-14)12-11/h4-6H,1-3H3. The maximum absolute atomic E-state index is 10.7. The zero-order chi connectivity index (χ0) is 10.3. The minimum absolute atomic E-state index is 0.480. The van der Waals surface area contributed by atoms with Crippen molar-refractivity contribution in [3.05, 3.63) is 29.1 Å². The molecule has 0 unspecified atom stereocenters. The number of aldehydes is 1. The van der Waals surface area contributed by atoms with E-state index in [1.165, 1.54) is 5.56 Å². The Morgan fingerprint density at radius 1 is 1.36 bits per heavy atom. The van der Waals surface area contributed by atoms with Gasteiger partial charge >= 0.3 is 0 Å². The van der Waals surface area contributed by atoms with E-state index in [1.807, 2.05) is 31.5 Å². The SMILES string of the molecule is Cc1cc(C)c2nc(C=O)n(C)c2c1. The normalized spacial score (nSPS) is 10.8. The number of rotatable bonds is 1. The molecule has 2 rings (SSSR count). The third-order valence-electron chi connectivity index (χ3n) is 2.46. The van der Waals surface area contributed by atoms with Crippen molar-refractivity contribution in [2.75, 3.05) is 0 Å². The molecule has 0 atom stereocenters. The molecule has 0 fully saturated rings. The molecular weight excluding hydrogens is 176 g/mol. The number of hydrogen-bond acceptors (Lipinski definition) is 2. The van der Waals surface area contributed by atoms with Crippen molar-refractivity contribution in [3.8, 4) is 0 Å². The predicted octanol–water partition coefficient (Wildman–Crippen LogP) is 2.00. The highest BCUT2D eigenvalue weighted by molar-refractivity contribution is 5.85. The van der Waals surface area contributed by atoms with Gasteiger partial charge in [0.2, 0.25) is 0 Å². The Hall–Kier alpha value is -1.64. The molecular formula is C11H12N2O. The number of hydrogen-bond donors (Lipinski definition) is 0. The number of imidazole rings is 1. The summed E-state index contributed by atoms with van der Waals surface area (Å²) in [6.45, 7) is 4.05. The molecule has 0 spiro atoms. The van der Waals surface area contributed by atoms with E-state index in [-0.39, 0.29) is 0 Å². The Morgan fingerprint density at radius 3 is 2.71 bits per heavy atom. The number of nitrogens with zero attached hydrogens (tertiary/aromatic N) is 2. The van der Waals surface area contributed by atoms with Crippen LogP contribution in [0.25, 0.3) is 11.0 Å². The van der Waals surface area contributed by atoms with Crippen LogP contribution < -0.4 is 0 Å². The summed E-state index contributed by atoms with van der Waals surface area (Å²) < 4.78 is 1.82. The van der Waals surface area contributed by atoms with Gasteiger partial charge in [0.15, 0.2) is 12.1 Å². The first-order valence-corrected chi connectivity index (χ1v) is 4.52. The van der Waals surface area contributed by atoms with E-state index in [9.17, 15) is 4.79 Å². The number of carbonyl (C=O) groups excluding carboxylic acids is 1. The number of fused-ring (bicyclic) bond motifs is 1. The smallest absolute Gasteiger partial charge is 0.185 e. The van der Waals surface area contributed by atoms with Crippen molar-refractivity contribution >= 4 is 17.3 Å². The number of benzene rings is 1. The highest BCUT2D eigenvalue weighted by Crippen LogP contribution is 2.19. The van der Waals surface area contributed by atoms with Crippen LogP contribution in [-0.2, 0) is 7.05 Å². The molecule has 0 saturated carbocycles. The molecule has 0 aliphatic heterocycles. The molecule has 72 valence electrons. The Balaban J connectivity index is 2.91. The number of aromatic nitrogens is 2. The Bertz CT molecular complexity index is 511. The van der Waals surface area contributed by atoms with Crippen molar-refractivity contribution in [1.29, 1.82) is 0 Å². The minimum Gasteiger partial charge on any atom is -0.325 e. The van der Waals surface area contributed by atoms with Gasteiger partial charge in [-0.3, -0.25) is 4.79 Å². The first kappa shape index (κ1) is 8.94. The molecule has 0 radical (unpaired) electrons. The highest BCUT2D eigenvalue weighted by Gasteiger charge is 2.08. The van der Waals surface area contributed by atoms with Gasteiger partial charge in [-0.15, -0.1) is 0 Å². The lowest BCUT2D eigenvalue weighted by atomic mass is 10.1. The van der Waals surface area contributed by atoms with Gasteiger partial charge in [-0.1, -0.05) is 6.07 Å². The molecule has 0 N–H and O–H groups in total. The topological polar surface area (TPSA) is 34.9 Å². The lowest BCUT2D eigenvalue weighted by Crippen LogP contribution is -1.94. The van der Waals surface area contributed by atoms with E-state index >= 15 is 0 Å². The lowest BCUT2D eigenvalue weighted by Gasteiger charge is -1.99. The second-order valence-electron chi connectivity index (χ2n) is 3.60. The summed E-state index contributed by atoms with van der Waals surface area (Å²) >= 11 is 0. The van der Waals surface area contributed by atoms with Crippen LogP contribution in [-0.4, -0.2) is 15.8 Å². The van der Waals surface area contributed by atoms with Gasteiger partial charge in [0.25, 0.3) is 0 Å². The summed E-state index contributed by atoms with van der Waals surface area (Å²) in [5.41, 5.74) is 4.24. The van der Waals surface area contributed by atoms with Crippen molar-refractivity contribution in [1.82, 2.24) is 9.55 Å². The van der Waals surface area contributed by atoms with Crippen LogP contribution in [0.4, 0.5) is 0 Å². The Morgan fingerprint density at radius 2 is 2.07 bits per heavy atom. The van der Waals surface area contributed by atoms with Gasteiger partial charge in [0.05, 0.1) is 11.0 Å². The van der Waals surface area contributed by atoms with Crippen LogP contribution in [0.5, 0.6) is 0 Å². The number of carbonyl (C=O) groups is 1. The third-order valence-corrected chi connectivity index (χ3v) is 2.46. The molecule has 0 bridgehead atoms. The van der Waals surface area contributed by atoms with E-state index in [2.05, 4.69) is 11.1 Å². The van der Waals surface area contributed by atoms with Crippen molar-refractivity contribution in [2.24, 2.45) is 7.05 Å². The fourth-order valence-electron chi connectivity index (χ4n) is 1.76. The quantitative estimate of drug-likeness (QED) is 0.641. The third kappa shape index (κ3) is 1.13. The Labute approximate surface area is 82.4 Å². The first-order valence-electron chi connectivity index (χ1n) is 4.52. The van der Waals surface area contributed by atoms with Crippen LogP contribution in [0.3, 0.4) is 0 Å². The van der Waals surface area contributed by atoms with Crippen molar-refractivity contribution in [3.63, 3.8) is 0 Å². The molecule has 0 aliphatic carbocycles. The van der Waals surface area contributed by atoms with E-state index in [1.54, 1.807) is 0 Å². The minimum atomic E-state index is 0.480. The van der Waals surface area contributed by atoms with E-state index < -0.39 is 0 Å². The van der Waals surface area contributed by atoms with Gasteiger partial charge in [-0.05, 0) is 31.0 Å². The fourth-order valence-corrected chi connectivity index (χ4v) is 1.76. The highest BCUT2D eigenvalue weighted by atomic mass is 16.1. The lowest BCUT2D eigenvalue weighted by molar-refractivity contribution is 0.111. The van der Waals surface area contributed by atoms with Crippen molar-refractivity contribution < 1.29 is 4.79 Å². The van der Waals surface area contributed by atoms with E-state index in [4.69, 9.17) is 0 Å². The molecule has 14 heavy (non-hydrogen) atoms. The predicted molar refractivity (Wildman–Crippen MR) is 55.6 cm³/mol. The maximum atomic E-state index is 10.7. The van der Waals surface area contributed by atoms with E-state index in [0.29, 0.717) is 5.82 Å². The van der Waals surface area contributed by atoms with E-state index in [0.717, 1.165) is 22.9 Å². The second-order valence-corrected chi connectivity index (χ2v) is 3.60. The molecule has 0 amide bonds. The second kappa shape index (κ2) is 2.94. The molecule has 1 aromatic heterocycles. The summed E-state index contributed by atoms with van der Waals surface area (Å²) in [5.74, 6) is 0.480. The average molecular weight is 188 g/mol. The van der Waals surface area contributed by atoms with Crippen LogP contribution in [0.2, 0.25) is 0 Å². The largest absolute Gasteiger partial charge is 0.325 e. The zero-order valence-electron chi connectivity index (χ0n) is 8.53. The van der Waals surface area contributed by atoms with Gasteiger partial charge in [0.1, 0.15) is 0 Å². The molecule has 0 saturated heterocycles. The van der Waals surface area contributed by atoms with Crippen LogP contribution >= 0.6 is 0 Å². The summed E-state index contributed by atoms with van der Waals surface area (Å²) in [6, 6.07) is 4.12.